The zero-order valence-corrected chi connectivity index (χ0v) is 19.5. The van der Waals surface area contributed by atoms with Crippen LogP contribution >= 0.6 is 0 Å². The Kier molecular flexibility index (Phi) is 6.41. The van der Waals surface area contributed by atoms with Gasteiger partial charge in [0.15, 0.2) is 5.82 Å². The van der Waals surface area contributed by atoms with Gasteiger partial charge >= 0.3 is 6.18 Å². The molecule has 0 radical (unpaired) electrons. The second-order valence-corrected chi connectivity index (χ2v) is 9.64. The van der Waals surface area contributed by atoms with Crippen molar-refractivity contribution in [3.63, 3.8) is 0 Å². The predicted molar refractivity (Wildman–Crippen MR) is 129 cm³/mol. The first-order valence-electron chi connectivity index (χ1n) is 11.4. The Morgan fingerprint density at radius 2 is 1.65 bits per heavy atom. The van der Waals surface area contributed by atoms with E-state index in [2.05, 4.69) is 47.4 Å². The van der Waals surface area contributed by atoms with Gasteiger partial charge in [-0.1, -0.05) is 30.3 Å². The first-order chi connectivity index (χ1) is 16.1. The van der Waals surface area contributed by atoms with E-state index in [4.69, 9.17) is 0 Å². The number of hydrogen-bond donors (Lipinski definition) is 2. The Hall–Kier alpha value is -3.31. The van der Waals surface area contributed by atoms with E-state index in [0.717, 1.165) is 37.4 Å². The average molecular weight is 468 g/mol. The average Bonchev–Trinajstić information content (AvgIpc) is 2.77. The Labute approximate surface area is 197 Å². The summed E-state index contributed by atoms with van der Waals surface area (Å²) in [7, 11) is 0. The summed E-state index contributed by atoms with van der Waals surface area (Å²) in [6, 6.07) is 15.3. The molecule has 0 bridgehead atoms. The molecule has 0 saturated carbocycles. The van der Waals surface area contributed by atoms with Gasteiger partial charge in [-0.2, -0.15) is 18.4 Å². The molecule has 2 heterocycles. The number of fused-ring (bicyclic) bond motifs is 1. The highest BCUT2D eigenvalue weighted by molar-refractivity contribution is 5.98. The maximum Gasteiger partial charge on any atom is 0.418 e. The van der Waals surface area contributed by atoms with Gasteiger partial charge in [-0.25, -0.2) is 4.98 Å². The third-order valence-electron chi connectivity index (χ3n) is 5.91. The molecule has 1 fully saturated rings. The number of para-hydroxylation sites is 2. The van der Waals surface area contributed by atoms with Gasteiger partial charge in [-0.05, 0) is 51.8 Å². The van der Waals surface area contributed by atoms with Crippen molar-refractivity contribution >= 4 is 28.1 Å². The molecule has 8 heteroatoms. The summed E-state index contributed by atoms with van der Waals surface area (Å²) in [5, 5.41) is 17.4. The lowest BCUT2D eigenvalue weighted by atomic mass is 9.98. The van der Waals surface area contributed by atoms with E-state index in [1.807, 2.05) is 24.3 Å². The minimum absolute atomic E-state index is 0.0109. The molecule has 0 amide bonds. The Morgan fingerprint density at radius 3 is 2.29 bits per heavy atom. The van der Waals surface area contributed by atoms with Crippen molar-refractivity contribution in [1.82, 2.24) is 10.3 Å². The fourth-order valence-corrected chi connectivity index (χ4v) is 4.55. The lowest BCUT2D eigenvalue weighted by Crippen LogP contribution is -2.49. The zero-order valence-electron chi connectivity index (χ0n) is 19.5. The topological polar surface area (TPSA) is 64.0 Å². The minimum Gasteiger partial charge on any atom is -0.370 e. The Bertz CT molecular complexity index is 1220. The Balaban J connectivity index is 1.75. The molecule has 1 aromatic heterocycles. The molecule has 1 aliphatic rings. The van der Waals surface area contributed by atoms with Gasteiger partial charge in [-0.3, -0.25) is 0 Å². The molecule has 1 aliphatic heterocycles. The van der Waals surface area contributed by atoms with Crippen LogP contribution in [0.15, 0.2) is 48.5 Å². The normalized spacial score (nSPS) is 15.4. The highest BCUT2D eigenvalue weighted by Gasteiger charge is 2.34. The van der Waals surface area contributed by atoms with E-state index < -0.39 is 11.7 Å². The fourth-order valence-electron chi connectivity index (χ4n) is 4.55. The molecular weight excluding hydrogens is 439 g/mol. The van der Waals surface area contributed by atoms with Gasteiger partial charge in [0.25, 0.3) is 0 Å². The van der Waals surface area contributed by atoms with Crippen LogP contribution in [0.3, 0.4) is 0 Å². The van der Waals surface area contributed by atoms with Crippen LogP contribution in [-0.4, -0.2) is 29.7 Å². The maximum absolute atomic E-state index is 13.6. The number of nitrogens with zero attached hydrogens (tertiary/aromatic N) is 3. The zero-order chi connectivity index (χ0) is 24.5. The number of rotatable bonds is 4. The molecule has 5 nitrogen and oxygen atoms in total. The van der Waals surface area contributed by atoms with Crippen LogP contribution in [0.1, 0.15) is 44.7 Å². The van der Waals surface area contributed by atoms with Gasteiger partial charge in [0.2, 0.25) is 0 Å². The van der Waals surface area contributed by atoms with Crippen LogP contribution in [0, 0.1) is 11.3 Å². The molecule has 0 aliphatic carbocycles. The lowest BCUT2D eigenvalue weighted by molar-refractivity contribution is -0.136. The minimum atomic E-state index is -4.53. The van der Waals surface area contributed by atoms with Gasteiger partial charge in [0.1, 0.15) is 11.6 Å². The van der Waals surface area contributed by atoms with Crippen LogP contribution in [0.25, 0.3) is 10.9 Å². The molecule has 4 rings (SSSR count). The summed E-state index contributed by atoms with van der Waals surface area (Å²) in [6.07, 6.45) is -2.73. The quantitative estimate of drug-likeness (QED) is 0.477. The van der Waals surface area contributed by atoms with Crippen molar-refractivity contribution in [3.8, 4) is 6.07 Å². The van der Waals surface area contributed by atoms with Gasteiger partial charge < -0.3 is 15.5 Å². The highest BCUT2D eigenvalue weighted by Crippen LogP contribution is 2.39. The van der Waals surface area contributed by atoms with Crippen LogP contribution < -0.4 is 15.5 Å². The van der Waals surface area contributed by atoms with Crippen molar-refractivity contribution in [2.24, 2.45) is 0 Å². The molecule has 1 saturated heterocycles. The molecular formula is C26H28F3N5. The van der Waals surface area contributed by atoms with Gasteiger partial charge in [-0.15, -0.1) is 0 Å². The highest BCUT2D eigenvalue weighted by atomic mass is 19.4. The number of pyridine rings is 1. The standard InChI is InChI=1S/C26H28F3N5/c1-25(2,3)33-17-12-14-34(15-13-17)23-18-8-4-6-10-21(18)31-24(19(23)16-30)32-22-11-7-5-9-20(22)26(27,28)29/h4-11,17,33H,12-15H2,1-3H3,(H,31,32). The van der Waals surface area contributed by atoms with E-state index in [-0.39, 0.29) is 22.6 Å². The van der Waals surface area contributed by atoms with E-state index in [1.54, 1.807) is 0 Å². The molecule has 34 heavy (non-hydrogen) atoms. The van der Waals surface area contributed by atoms with Crippen LogP contribution in [0.5, 0.6) is 0 Å². The number of halogens is 3. The van der Waals surface area contributed by atoms with E-state index in [9.17, 15) is 18.4 Å². The number of aromatic nitrogens is 1. The molecule has 0 atom stereocenters. The summed E-state index contributed by atoms with van der Waals surface area (Å²) in [4.78, 5) is 6.70. The lowest BCUT2D eigenvalue weighted by Gasteiger charge is -2.38. The van der Waals surface area contributed by atoms with Crippen molar-refractivity contribution in [1.29, 1.82) is 5.26 Å². The summed E-state index contributed by atoms with van der Waals surface area (Å²) >= 11 is 0. The monoisotopic (exact) mass is 467 g/mol. The van der Waals surface area contributed by atoms with Crippen LogP contribution in [0.4, 0.5) is 30.4 Å². The van der Waals surface area contributed by atoms with Crippen molar-refractivity contribution in [2.45, 2.75) is 51.4 Å². The molecule has 178 valence electrons. The van der Waals surface area contributed by atoms with Crippen LogP contribution in [-0.2, 0) is 6.18 Å². The SMILES string of the molecule is CC(C)(C)NC1CCN(c2c(C#N)c(Nc3ccccc3C(F)(F)F)nc3ccccc23)CC1. The second-order valence-electron chi connectivity index (χ2n) is 9.64. The van der Waals surface area contributed by atoms with Gasteiger partial charge in [0.05, 0.1) is 22.5 Å². The van der Waals surface area contributed by atoms with E-state index >= 15 is 0 Å². The predicted octanol–water partition coefficient (Wildman–Crippen LogP) is 6.23. The van der Waals surface area contributed by atoms with E-state index in [0.29, 0.717) is 17.2 Å². The summed E-state index contributed by atoms with van der Waals surface area (Å²) < 4.78 is 40.7. The van der Waals surface area contributed by atoms with E-state index in [1.165, 1.54) is 18.2 Å². The van der Waals surface area contributed by atoms with Crippen molar-refractivity contribution in [2.75, 3.05) is 23.3 Å². The number of alkyl halides is 3. The van der Waals surface area contributed by atoms with Crippen molar-refractivity contribution < 1.29 is 13.2 Å². The number of benzene rings is 2. The number of nitrogens with one attached hydrogen (secondary N) is 2. The molecule has 0 unspecified atom stereocenters. The number of nitriles is 1. The summed E-state index contributed by atoms with van der Waals surface area (Å²) in [6.45, 7) is 7.88. The number of anilines is 3. The third kappa shape index (κ3) is 5.10. The third-order valence-corrected chi connectivity index (χ3v) is 5.91. The van der Waals surface area contributed by atoms with Crippen LogP contribution in [0.2, 0.25) is 0 Å². The van der Waals surface area contributed by atoms with Crippen molar-refractivity contribution in [3.05, 3.63) is 59.7 Å². The summed E-state index contributed by atoms with van der Waals surface area (Å²) in [5.41, 5.74) is 0.667. The summed E-state index contributed by atoms with van der Waals surface area (Å²) in [5.74, 6) is 0.128. The first kappa shape index (κ1) is 23.8. The number of piperidine rings is 1. The Morgan fingerprint density at radius 1 is 1.00 bits per heavy atom. The largest absolute Gasteiger partial charge is 0.418 e. The second kappa shape index (κ2) is 9.15. The maximum atomic E-state index is 13.6. The van der Waals surface area contributed by atoms with Gasteiger partial charge in [0, 0.05) is 30.1 Å². The molecule has 2 N–H and O–H groups in total. The first-order valence-corrected chi connectivity index (χ1v) is 11.4. The smallest absolute Gasteiger partial charge is 0.370 e. The fraction of sp³-hybridized carbons (Fsp3) is 0.385. The molecule has 0 spiro atoms. The molecule has 2 aromatic carbocycles. The number of hydrogen-bond acceptors (Lipinski definition) is 5. The molecule has 3 aromatic rings.